The van der Waals surface area contributed by atoms with E-state index in [2.05, 4.69) is 167 Å². The Bertz CT molecular complexity index is 1490. The van der Waals surface area contributed by atoms with Crippen LogP contribution in [-0.2, 0) is 37.0 Å². The fourth-order valence-electron chi connectivity index (χ4n) is 6.14. The van der Waals surface area contributed by atoms with E-state index in [4.69, 9.17) is 4.52 Å². The van der Waals surface area contributed by atoms with Gasteiger partial charge in [-0.05, 0) is 77.5 Å². The molecule has 0 radical (unpaired) electrons. The highest BCUT2D eigenvalue weighted by atomic mass is 31.2. The lowest BCUT2D eigenvalue weighted by Gasteiger charge is -2.34. The van der Waals surface area contributed by atoms with Crippen molar-refractivity contribution in [3.63, 3.8) is 0 Å². The zero-order valence-electron chi connectivity index (χ0n) is 33.0. The Kier molecular flexibility index (Phi) is 10.6. The largest absolute Gasteiger partial charge is 0.444 e. The molecule has 0 aliphatic heterocycles. The number of rotatable bonds is 5. The molecule has 0 fully saturated rings. The average molecular weight is 662 g/mol. The summed E-state index contributed by atoms with van der Waals surface area (Å²) >= 11 is 0. The minimum absolute atomic E-state index is 0.0407. The minimum Gasteiger partial charge on any atom is -0.188 e. The molecule has 0 aromatic heterocycles. The molecule has 3 aromatic rings. The van der Waals surface area contributed by atoms with Crippen LogP contribution in [0, 0.1) is 0 Å². The van der Waals surface area contributed by atoms with E-state index in [1.54, 1.807) is 0 Å². The highest BCUT2D eigenvalue weighted by molar-refractivity contribution is 7.67. The molecule has 0 unspecified atom stereocenters. The summed E-state index contributed by atoms with van der Waals surface area (Å²) in [5.74, 6) is 0. The SMILES string of the molecule is CC(C)(C)c1ccc(C(O[P+](O)(O)c2ccc(C(C)(C)C)cc2C(C)(C)C)c2ccc(C(C)(C)C)cc2C(C)(C)C)c(C(C)(C)C)c1. The molecule has 3 aromatic carbocycles. The first-order valence-corrected chi connectivity index (χ1v) is 18.9. The van der Waals surface area contributed by atoms with E-state index in [9.17, 15) is 9.79 Å². The van der Waals surface area contributed by atoms with E-state index in [0.717, 1.165) is 33.4 Å². The van der Waals surface area contributed by atoms with Crippen molar-refractivity contribution in [1.29, 1.82) is 0 Å². The monoisotopic (exact) mass is 661 g/mol. The lowest BCUT2D eigenvalue weighted by molar-refractivity contribution is 0.187. The van der Waals surface area contributed by atoms with Gasteiger partial charge >= 0.3 is 7.94 Å². The van der Waals surface area contributed by atoms with Crippen LogP contribution >= 0.6 is 7.94 Å². The molecule has 3 nitrogen and oxygen atoms in total. The van der Waals surface area contributed by atoms with Gasteiger partial charge in [0.1, 0.15) is 0 Å². The molecule has 3 rings (SSSR count). The number of hydrogen-bond acceptors (Lipinski definition) is 3. The Balaban J connectivity index is 2.46. The molecule has 0 aliphatic carbocycles. The molecule has 0 saturated carbocycles. The fraction of sp³-hybridized carbons (Fsp3) is 0.581. The normalized spacial score (nSPS) is 14.2. The molecule has 2 N–H and O–H groups in total. The molecule has 0 spiro atoms. The lowest BCUT2D eigenvalue weighted by Crippen LogP contribution is -2.29. The summed E-state index contributed by atoms with van der Waals surface area (Å²) in [4.78, 5) is 24.6. The summed E-state index contributed by atoms with van der Waals surface area (Å²) in [7, 11) is -4.12. The molecule has 0 amide bonds. The van der Waals surface area contributed by atoms with Crippen molar-refractivity contribution in [1.82, 2.24) is 0 Å². The van der Waals surface area contributed by atoms with Crippen LogP contribution in [0.5, 0.6) is 0 Å². The van der Waals surface area contributed by atoms with E-state index in [0.29, 0.717) is 5.30 Å². The minimum atomic E-state index is -4.12. The van der Waals surface area contributed by atoms with E-state index in [-0.39, 0.29) is 32.5 Å². The van der Waals surface area contributed by atoms with E-state index in [1.165, 1.54) is 11.1 Å². The molecule has 0 aliphatic rings. The maximum atomic E-state index is 12.3. The van der Waals surface area contributed by atoms with E-state index in [1.807, 2.05) is 12.1 Å². The molecular formula is C43H66O3P+. The van der Waals surface area contributed by atoms with Gasteiger partial charge in [0, 0.05) is 5.56 Å². The highest BCUT2D eigenvalue weighted by Gasteiger charge is 2.48. The smallest absolute Gasteiger partial charge is 0.188 e. The Hall–Kier alpha value is -2.03. The van der Waals surface area contributed by atoms with Gasteiger partial charge in [0.25, 0.3) is 0 Å². The second kappa shape index (κ2) is 12.7. The van der Waals surface area contributed by atoms with E-state index < -0.39 is 14.0 Å². The summed E-state index contributed by atoms with van der Waals surface area (Å²) in [5, 5.41) is 0.482. The zero-order chi connectivity index (χ0) is 36.3. The third-order valence-electron chi connectivity index (χ3n) is 9.26. The topological polar surface area (TPSA) is 49.7 Å². The van der Waals surface area contributed by atoms with Crippen LogP contribution in [0.15, 0.2) is 54.6 Å². The fourth-order valence-corrected chi connectivity index (χ4v) is 7.76. The van der Waals surface area contributed by atoms with Crippen molar-refractivity contribution in [2.45, 2.75) is 163 Å². The van der Waals surface area contributed by atoms with Crippen LogP contribution < -0.4 is 5.30 Å². The van der Waals surface area contributed by atoms with Crippen molar-refractivity contribution in [3.05, 3.63) is 99.1 Å². The quantitative estimate of drug-likeness (QED) is 0.268. The molecule has 4 heteroatoms. The lowest BCUT2D eigenvalue weighted by atomic mass is 9.74. The predicted molar refractivity (Wildman–Crippen MR) is 205 cm³/mol. The van der Waals surface area contributed by atoms with Crippen LogP contribution in [0.4, 0.5) is 0 Å². The third kappa shape index (κ3) is 9.16. The number of benzene rings is 3. The van der Waals surface area contributed by atoms with Crippen LogP contribution in [-0.4, -0.2) is 9.79 Å². The highest BCUT2D eigenvalue weighted by Crippen LogP contribution is 2.58. The Labute approximate surface area is 289 Å². The summed E-state index contributed by atoms with van der Waals surface area (Å²) in [6, 6.07) is 19.4. The Morgan fingerprint density at radius 2 is 0.723 bits per heavy atom. The Morgan fingerprint density at radius 1 is 0.426 bits per heavy atom. The first-order chi connectivity index (χ1) is 20.8. The third-order valence-corrected chi connectivity index (χ3v) is 10.8. The first kappa shape index (κ1) is 39.4. The molecule has 0 saturated heterocycles. The van der Waals surface area contributed by atoms with Gasteiger partial charge in [-0.25, -0.2) is 0 Å². The van der Waals surface area contributed by atoms with Gasteiger partial charge in [-0.3, -0.25) is 0 Å². The molecule has 0 heterocycles. The van der Waals surface area contributed by atoms with Gasteiger partial charge < -0.3 is 0 Å². The maximum Gasteiger partial charge on any atom is 0.444 e. The zero-order valence-corrected chi connectivity index (χ0v) is 33.9. The van der Waals surface area contributed by atoms with Crippen molar-refractivity contribution >= 4 is 13.2 Å². The second-order valence-corrected chi connectivity index (χ2v) is 21.6. The van der Waals surface area contributed by atoms with E-state index >= 15 is 0 Å². The second-order valence-electron chi connectivity index (χ2n) is 19.9. The van der Waals surface area contributed by atoms with Gasteiger partial charge in [-0.2, -0.15) is 14.3 Å². The van der Waals surface area contributed by atoms with Crippen molar-refractivity contribution in [2.24, 2.45) is 0 Å². The van der Waals surface area contributed by atoms with Crippen LogP contribution in [0.1, 0.15) is 175 Å². The molecular weight excluding hydrogens is 595 g/mol. The molecule has 0 atom stereocenters. The van der Waals surface area contributed by atoms with Gasteiger partial charge in [-0.1, -0.05) is 173 Å². The van der Waals surface area contributed by atoms with Crippen molar-refractivity contribution in [2.75, 3.05) is 0 Å². The Morgan fingerprint density at radius 3 is 1.02 bits per heavy atom. The summed E-state index contributed by atoms with van der Waals surface area (Å²) in [6.45, 7) is 39.7. The summed E-state index contributed by atoms with van der Waals surface area (Å²) < 4.78 is 6.90. The first-order valence-electron chi connectivity index (χ1n) is 17.3. The predicted octanol–water partition coefficient (Wildman–Crippen LogP) is 11.7. The number of hydrogen-bond donors (Lipinski definition) is 2. The van der Waals surface area contributed by atoms with Gasteiger partial charge in [0.05, 0.1) is 0 Å². The summed E-state index contributed by atoms with van der Waals surface area (Å²) in [6.07, 6.45) is -0.708. The van der Waals surface area contributed by atoms with Crippen molar-refractivity contribution in [3.8, 4) is 0 Å². The average Bonchev–Trinajstić information content (AvgIpc) is 2.88. The van der Waals surface area contributed by atoms with Crippen LogP contribution in [0.2, 0.25) is 0 Å². The van der Waals surface area contributed by atoms with Crippen molar-refractivity contribution < 1.29 is 14.3 Å². The van der Waals surface area contributed by atoms with Crippen LogP contribution in [0.25, 0.3) is 0 Å². The molecule has 0 bridgehead atoms. The summed E-state index contributed by atoms with van der Waals surface area (Å²) in [5.41, 5.74) is 7.84. The van der Waals surface area contributed by atoms with Gasteiger partial charge in [-0.15, -0.1) is 0 Å². The molecule has 47 heavy (non-hydrogen) atoms. The van der Waals surface area contributed by atoms with Crippen LogP contribution in [0.3, 0.4) is 0 Å². The van der Waals surface area contributed by atoms with Gasteiger partial charge in [0.2, 0.25) is 0 Å². The molecule has 260 valence electrons. The maximum absolute atomic E-state index is 12.3. The standard InChI is InChI=1S/C43H66O3P/c1-38(2,3)28-19-22-31(33(25-28)41(10,11)12)37(32-23-20-29(39(4,5)6)26-34(32)42(13,14)15)46-47(44,45)36-24-21-30(40(7,8)9)27-35(36)43(16,17)18/h19-27,37,44-45H,1-18H3/q+1. The van der Waals surface area contributed by atoms with Gasteiger partial charge in [0.15, 0.2) is 11.4 Å².